The monoisotopic (exact) mass is 196 g/mol. The van der Waals surface area contributed by atoms with Gasteiger partial charge in [-0.25, -0.2) is 0 Å². The minimum Gasteiger partial charge on any atom is -0.346 e. The van der Waals surface area contributed by atoms with E-state index in [1.165, 1.54) is 4.90 Å². The lowest BCUT2D eigenvalue weighted by Gasteiger charge is -2.08. The summed E-state index contributed by atoms with van der Waals surface area (Å²) < 4.78 is 10.8. The Labute approximate surface area is 82.2 Å². The van der Waals surface area contributed by atoms with Gasteiger partial charge >= 0.3 is 0 Å². The topological polar surface area (TPSA) is 18.5 Å². The molecule has 0 saturated carbocycles. The van der Waals surface area contributed by atoms with Crippen molar-refractivity contribution in [2.24, 2.45) is 0 Å². The van der Waals surface area contributed by atoms with Crippen LogP contribution in [0.15, 0.2) is 29.2 Å². The molecule has 1 heterocycles. The Morgan fingerprint density at radius 3 is 2.31 bits per heavy atom. The van der Waals surface area contributed by atoms with Crippen LogP contribution in [0.4, 0.5) is 0 Å². The maximum Gasteiger partial charge on any atom is 0.184 e. The van der Waals surface area contributed by atoms with Gasteiger partial charge in [-0.2, -0.15) is 0 Å². The highest BCUT2D eigenvalue weighted by atomic mass is 32.2. The summed E-state index contributed by atoms with van der Waals surface area (Å²) in [5.74, 6) is 0. The van der Waals surface area contributed by atoms with Gasteiger partial charge < -0.3 is 9.47 Å². The minimum absolute atomic E-state index is 0.143. The molecule has 0 N–H and O–H groups in total. The summed E-state index contributed by atoms with van der Waals surface area (Å²) >= 11 is 1.74. The zero-order valence-corrected chi connectivity index (χ0v) is 8.34. The van der Waals surface area contributed by atoms with Gasteiger partial charge in [0.15, 0.2) is 6.29 Å². The first kappa shape index (κ1) is 9.06. The number of ether oxygens (including phenoxy) is 2. The van der Waals surface area contributed by atoms with Crippen molar-refractivity contribution in [1.29, 1.82) is 0 Å². The van der Waals surface area contributed by atoms with Crippen LogP contribution >= 0.6 is 11.8 Å². The second-order valence-electron chi connectivity index (χ2n) is 2.85. The molecule has 0 aromatic heterocycles. The third kappa shape index (κ3) is 2.05. The Morgan fingerprint density at radius 2 is 1.77 bits per heavy atom. The first-order valence-electron chi connectivity index (χ1n) is 4.27. The predicted octanol–water partition coefficient (Wildman–Crippen LogP) is 2.45. The Hall–Kier alpha value is -0.510. The van der Waals surface area contributed by atoms with Gasteiger partial charge in [-0.3, -0.25) is 0 Å². The van der Waals surface area contributed by atoms with E-state index >= 15 is 0 Å². The van der Waals surface area contributed by atoms with Crippen LogP contribution in [0, 0.1) is 0 Å². The highest BCUT2D eigenvalue weighted by molar-refractivity contribution is 7.98. The third-order valence-corrected chi connectivity index (χ3v) is 2.75. The number of hydrogen-bond acceptors (Lipinski definition) is 3. The van der Waals surface area contributed by atoms with E-state index < -0.39 is 0 Å². The lowest BCUT2D eigenvalue weighted by atomic mass is 10.2. The summed E-state index contributed by atoms with van der Waals surface area (Å²) in [6.07, 6.45) is 1.92. The van der Waals surface area contributed by atoms with Crippen molar-refractivity contribution in [2.45, 2.75) is 11.2 Å². The largest absolute Gasteiger partial charge is 0.346 e. The van der Waals surface area contributed by atoms with E-state index in [0.29, 0.717) is 13.2 Å². The molecule has 0 amide bonds. The molecule has 2 nitrogen and oxygen atoms in total. The molecule has 1 saturated heterocycles. The zero-order valence-electron chi connectivity index (χ0n) is 7.53. The molecule has 3 heteroatoms. The Kier molecular flexibility index (Phi) is 2.88. The van der Waals surface area contributed by atoms with Crippen molar-refractivity contribution in [3.8, 4) is 0 Å². The first-order chi connectivity index (χ1) is 6.40. The summed E-state index contributed by atoms with van der Waals surface area (Å²) in [5.41, 5.74) is 1.11. The molecular formula is C10H12O2S. The summed E-state index contributed by atoms with van der Waals surface area (Å²) in [5, 5.41) is 0. The molecule has 1 aliphatic heterocycles. The fourth-order valence-electron chi connectivity index (χ4n) is 1.31. The number of hydrogen-bond donors (Lipinski definition) is 0. The summed E-state index contributed by atoms with van der Waals surface area (Å²) in [4.78, 5) is 1.27. The molecule has 0 radical (unpaired) electrons. The number of thioether (sulfide) groups is 1. The van der Waals surface area contributed by atoms with Crippen molar-refractivity contribution in [2.75, 3.05) is 19.5 Å². The second kappa shape index (κ2) is 4.13. The van der Waals surface area contributed by atoms with Crippen LogP contribution in [0.25, 0.3) is 0 Å². The lowest BCUT2D eigenvalue weighted by Crippen LogP contribution is -1.96. The number of rotatable bonds is 2. The van der Waals surface area contributed by atoms with Crippen LogP contribution in [-0.4, -0.2) is 19.5 Å². The van der Waals surface area contributed by atoms with E-state index in [9.17, 15) is 0 Å². The van der Waals surface area contributed by atoms with Crippen LogP contribution in [-0.2, 0) is 9.47 Å². The molecule has 0 spiro atoms. The van der Waals surface area contributed by atoms with Crippen LogP contribution in [0.3, 0.4) is 0 Å². The molecule has 1 aromatic rings. The molecule has 1 aromatic carbocycles. The van der Waals surface area contributed by atoms with Gasteiger partial charge in [0.2, 0.25) is 0 Å². The highest BCUT2D eigenvalue weighted by Gasteiger charge is 2.17. The van der Waals surface area contributed by atoms with Crippen LogP contribution < -0.4 is 0 Å². The molecule has 0 bridgehead atoms. The van der Waals surface area contributed by atoms with E-state index in [2.05, 4.69) is 30.5 Å². The Balaban J connectivity index is 2.12. The van der Waals surface area contributed by atoms with Gasteiger partial charge in [0.25, 0.3) is 0 Å². The van der Waals surface area contributed by atoms with Crippen LogP contribution in [0.2, 0.25) is 0 Å². The molecule has 0 aliphatic carbocycles. The van der Waals surface area contributed by atoms with Crippen LogP contribution in [0.5, 0.6) is 0 Å². The van der Waals surface area contributed by atoms with Gasteiger partial charge in [0, 0.05) is 10.5 Å². The minimum atomic E-state index is -0.143. The second-order valence-corrected chi connectivity index (χ2v) is 3.73. The smallest absolute Gasteiger partial charge is 0.184 e. The van der Waals surface area contributed by atoms with E-state index in [0.717, 1.165) is 5.56 Å². The quantitative estimate of drug-likeness (QED) is 0.677. The summed E-state index contributed by atoms with van der Waals surface area (Å²) in [6.45, 7) is 1.41. The molecular weight excluding hydrogens is 184 g/mol. The fraction of sp³-hybridized carbons (Fsp3) is 0.400. The van der Waals surface area contributed by atoms with Gasteiger partial charge in [0.1, 0.15) is 0 Å². The van der Waals surface area contributed by atoms with E-state index in [-0.39, 0.29) is 6.29 Å². The van der Waals surface area contributed by atoms with E-state index in [4.69, 9.17) is 9.47 Å². The van der Waals surface area contributed by atoms with Gasteiger partial charge in [-0.15, -0.1) is 11.8 Å². The van der Waals surface area contributed by atoms with Crippen molar-refractivity contribution >= 4 is 11.8 Å². The Morgan fingerprint density at radius 1 is 1.15 bits per heavy atom. The Bertz CT molecular complexity index is 265. The first-order valence-corrected chi connectivity index (χ1v) is 5.50. The van der Waals surface area contributed by atoms with Gasteiger partial charge in [-0.05, 0) is 18.4 Å². The molecule has 0 atom stereocenters. The average molecular weight is 196 g/mol. The molecule has 0 unspecified atom stereocenters. The molecule has 2 rings (SSSR count). The van der Waals surface area contributed by atoms with E-state index in [1.807, 2.05) is 0 Å². The molecule has 13 heavy (non-hydrogen) atoms. The molecule has 1 fully saturated rings. The fourth-order valence-corrected chi connectivity index (χ4v) is 1.72. The lowest BCUT2D eigenvalue weighted by molar-refractivity contribution is -0.0441. The van der Waals surface area contributed by atoms with Crippen molar-refractivity contribution < 1.29 is 9.47 Å². The van der Waals surface area contributed by atoms with Gasteiger partial charge in [0.05, 0.1) is 13.2 Å². The van der Waals surface area contributed by atoms with Crippen molar-refractivity contribution in [3.63, 3.8) is 0 Å². The third-order valence-electron chi connectivity index (χ3n) is 2.01. The maximum atomic E-state index is 5.38. The van der Waals surface area contributed by atoms with Crippen molar-refractivity contribution in [3.05, 3.63) is 29.8 Å². The SMILES string of the molecule is CSc1ccc(C2OCCO2)cc1. The zero-order chi connectivity index (χ0) is 9.10. The predicted molar refractivity (Wildman–Crippen MR) is 52.9 cm³/mol. The molecule has 1 aliphatic rings. The average Bonchev–Trinajstić information content (AvgIpc) is 2.71. The summed E-state index contributed by atoms with van der Waals surface area (Å²) in [7, 11) is 0. The highest BCUT2D eigenvalue weighted by Crippen LogP contribution is 2.25. The molecule has 70 valence electrons. The standard InChI is InChI=1S/C10H12O2S/c1-13-9-4-2-8(3-5-9)10-11-6-7-12-10/h2-5,10H,6-7H2,1H3. The van der Waals surface area contributed by atoms with Crippen LogP contribution in [0.1, 0.15) is 11.9 Å². The summed E-state index contributed by atoms with van der Waals surface area (Å²) in [6, 6.07) is 8.29. The van der Waals surface area contributed by atoms with Crippen molar-refractivity contribution in [1.82, 2.24) is 0 Å². The van der Waals surface area contributed by atoms with E-state index in [1.54, 1.807) is 11.8 Å². The normalized spacial score (nSPS) is 17.9. The maximum absolute atomic E-state index is 5.38. The van der Waals surface area contributed by atoms with Gasteiger partial charge in [-0.1, -0.05) is 12.1 Å². The number of benzene rings is 1.